The molecule has 0 atom stereocenters. The zero-order chi connectivity index (χ0) is 18.4. The third-order valence-electron chi connectivity index (χ3n) is 3.46. The summed E-state index contributed by atoms with van der Waals surface area (Å²) in [5.41, 5.74) is 3.03. The van der Waals surface area contributed by atoms with Gasteiger partial charge in [-0.15, -0.1) is 11.6 Å². The Morgan fingerprint density at radius 3 is 2.16 bits per heavy atom. The Labute approximate surface area is 153 Å². The number of anilines is 2. The molecule has 2 aromatic rings. The first-order valence-electron chi connectivity index (χ1n) is 7.87. The van der Waals surface area contributed by atoms with Gasteiger partial charge in [0.15, 0.2) is 0 Å². The number of alkyl halides is 1. The fourth-order valence-corrected chi connectivity index (χ4v) is 3.59. The normalized spacial score (nSPS) is 11.2. The molecule has 0 saturated heterocycles. The Kier molecular flexibility index (Phi) is 6.45. The highest BCUT2D eigenvalue weighted by Gasteiger charge is 2.14. The zero-order valence-corrected chi connectivity index (χ0v) is 15.7. The summed E-state index contributed by atoms with van der Waals surface area (Å²) in [4.78, 5) is 11.8. The second kappa shape index (κ2) is 8.36. The van der Waals surface area contributed by atoms with E-state index in [9.17, 15) is 13.2 Å². The summed E-state index contributed by atoms with van der Waals surface area (Å²) in [6.45, 7) is 3.82. The van der Waals surface area contributed by atoms with Crippen LogP contribution in [0.1, 0.15) is 24.0 Å². The van der Waals surface area contributed by atoms with Gasteiger partial charge in [0.2, 0.25) is 5.91 Å². The fraction of sp³-hybridized carbons (Fsp3) is 0.278. The van der Waals surface area contributed by atoms with Crippen molar-refractivity contribution in [3.63, 3.8) is 0 Å². The van der Waals surface area contributed by atoms with Crippen LogP contribution in [0.25, 0.3) is 0 Å². The van der Waals surface area contributed by atoms with Crippen molar-refractivity contribution >= 4 is 38.9 Å². The SMILES string of the molecule is Cc1cc(C)cc(NS(=O)(=O)c2ccc(NC(=O)CCCCl)cc2)c1. The Morgan fingerprint density at radius 1 is 1.00 bits per heavy atom. The molecule has 25 heavy (non-hydrogen) atoms. The van der Waals surface area contributed by atoms with Gasteiger partial charge in [0, 0.05) is 23.7 Å². The van der Waals surface area contributed by atoms with Crippen LogP contribution in [0.5, 0.6) is 0 Å². The number of carbonyl (C=O) groups is 1. The molecule has 0 aliphatic heterocycles. The van der Waals surface area contributed by atoms with Crippen molar-refractivity contribution in [2.45, 2.75) is 31.6 Å². The van der Waals surface area contributed by atoms with Crippen molar-refractivity contribution in [3.05, 3.63) is 53.6 Å². The summed E-state index contributed by atoms with van der Waals surface area (Å²) in [5, 5.41) is 2.71. The average molecular weight is 381 g/mol. The van der Waals surface area contributed by atoms with Gasteiger partial charge in [-0.2, -0.15) is 0 Å². The Morgan fingerprint density at radius 2 is 1.60 bits per heavy atom. The smallest absolute Gasteiger partial charge is 0.261 e. The summed E-state index contributed by atoms with van der Waals surface area (Å²) in [7, 11) is -3.69. The van der Waals surface area contributed by atoms with E-state index in [1.54, 1.807) is 24.3 Å². The van der Waals surface area contributed by atoms with Crippen LogP contribution in [0.3, 0.4) is 0 Å². The Bertz CT molecular complexity index is 829. The molecule has 0 radical (unpaired) electrons. The van der Waals surface area contributed by atoms with Crippen LogP contribution in [-0.4, -0.2) is 20.2 Å². The predicted molar refractivity (Wildman–Crippen MR) is 102 cm³/mol. The number of nitrogens with one attached hydrogen (secondary N) is 2. The quantitative estimate of drug-likeness (QED) is 0.711. The van der Waals surface area contributed by atoms with E-state index in [2.05, 4.69) is 10.0 Å². The fourth-order valence-electron chi connectivity index (χ4n) is 2.42. The molecule has 2 N–H and O–H groups in total. The molecular weight excluding hydrogens is 360 g/mol. The number of benzene rings is 2. The van der Waals surface area contributed by atoms with Crippen molar-refractivity contribution in [1.82, 2.24) is 0 Å². The minimum Gasteiger partial charge on any atom is -0.326 e. The average Bonchev–Trinajstić information content (AvgIpc) is 2.52. The third-order valence-corrected chi connectivity index (χ3v) is 5.12. The number of halogens is 1. The standard InChI is InChI=1S/C18H21ClN2O3S/c1-13-10-14(2)12-16(11-13)21-25(23,24)17-7-5-15(6-8-17)20-18(22)4-3-9-19/h5-8,10-12,21H,3-4,9H2,1-2H3,(H,20,22). The van der Waals surface area contributed by atoms with Crippen LogP contribution in [0, 0.1) is 13.8 Å². The van der Waals surface area contributed by atoms with Crippen LogP contribution in [0.2, 0.25) is 0 Å². The number of carbonyl (C=O) groups excluding carboxylic acids is 1. The van der Waals surface area contributed by atoms with Crippen molar-refractivity contribution in [3.8, 4) is 0 Å². The van der Waals surface area contributed by atoms with Crippen molar-refractivity contribution in [2.75, 3.05) is 15.9 Å². The summed E-state index contributed by atoms with van der Waals surface area (Å²) in [5.74, 6) is 0.277. The molecule has 0 heterocycles. The summed E-state index contributed by atoms with van der Waals surface area (Å²) in [6, 6.07) is 11.6. The first kappa shape index (κ1) is 19.3. The monoisotopic (exact) mass is 380 g/mol. The molecule has 2 rings (SSSR count). The lowest BCUT2D eigenvalue weighted by Crippen LogP contribution is -2.14. The Hall–Kier alpha value is -2.05. The van der Waals surface area contributed by atoms with E-state index >= 15 is 0 Å². The first-order valence-corrected chi connectivity index (χ1v) is 9.89. The van der Waals surface area contributed by atoms with Gasteiger partial charge < -0.3 is 5.32 Å². The van der Waals surface area contributed by atoms with E-state index in [0.29, 0.717) is 30.1 Å². The van der Waals surface area contributed by atoms with Crippen LogP contribution in [0.4, 0.5) is 11.4 Å². The number of hydrogen-bond acceptors (Lipinski definition) is 3. The second-order valence-electron chi connectivity index (χ2n) is 5.85. The van der Waals surface area contributed by atoms with E-state index in [4.69, 9.17) is 11.6 Å². The molecule has 7 heteroatoms. The van der Waals surface area contributed by atoms with Crippen molar-refractivity contribution in [1.29, 1.82) is 0 Å². The maximum absolute atomic E-state index is 12.5. The van der Waals surface area contributed by atoms with Gasteiger partial charge in [0.1, 0.15) is 0 Å². The van der Waals surface area contributed by atoms with E-state index in [0.717, 1.165) is 11.1 Å². The van der Waals surface area contributed by atoms with E-state index < -0.39 is 10.0 Å². The topological polar surface area (TPSA) is 75.3 Å². The summed E-state index contributed by atoms with van der Waals surface area (Å²) < 4.78 is 27.5. The lowest BCUT2D eigenvalue weighted by atomic mass is 10.1. The summed E-state index contributed by atoms with van der Waals surface area (Å²) in [6.07, 6.45) is 0.928. The van der Waals surface area contributed by atoms with Crippen molar-refractivity contribution in [2.24, 2.45) is 0 Å². The lowest BCUT2D eigenvalue weighted by Gasteiger charge is -2.11. The molecule has 0 bridgehead atoms. The molecule has 1 amide bonds. The first-order chi connectivity index (χ1) is 11.8. The molecule has 0 fully saturated rings. The van der Waals surface area contributed by atoms with Crippen LogP contribution >= 0.6 is 11.6 Å². The van der Waals surface area contributed by atoms with Crippen LogP contribution in [0.15, 0.2) is 47.4 Å². The second-order valence-corrected chi connectivity index (χ2v) is 7.91. The van der Waals surface area contributed by atoms with Crippen LogP contribution < -0.4 is 10.0 Å². The molecule has 0 spiro atoms. The molecule has 0 aliphatic rings. The highest BCUT2D eigenvalue weighted by Crippen LogP contribution is 2.20. The number of hydrogen-bond donors (Lipinski definition) is 2. The van der Waals surface area contributed by atoms with Gasteiger partial charge in [-0.05, 0) is 67.8 Å². The van der Waals surface area contributed by atoms with Gasteiger partial charge in [-0.1, -0.05) is 6.07 Å². The van der Waals surface area contributed by atoms with E-state index in [1.807, 2.05) is 19.9 Å². The third kappa shape index (κ3) is 5.76. The number of rotatable bonds is 7. The number of aryl methyl sites for hydroxylation is 2. The highest BCUT2D eigenvalue weighted by atomic mass is 35.5. The molecule has 0 aliphatic carbocycles. The Balaban J connectivity index is 2.10. The minimum atomic E-state index is -3.69. The molecule has 0 aromatic heterocycles. The van der Waals surface area contributed by atoms with E-state index in [-0.39, 0.29) is 10.8 Å². The van der Waals surface area contributed by atoms with Gasteiger partial charge in [-0.25, -0.2) is 8.42 Å². The molecule has 0 saturated carbocycles. The van der Waals surface area contributed by atoms with E-state index in [1.165, 1.54) is 12.1 Å². The molecule has 134 valence electrons. The maximum atomic E-state index is 12.5. The van der Waals surface area contributed by atoms with Crippen LogP contribution in [-0.2, 0) is 14.8 Å². The number of amides is 1. The van der Waals surface area contributed by atoms with Gasteiger partial charge in [0.25, 0.3) is 10.0 Å². The predicted octanol–water partition coefficient (Wildman–Crippen LogP) is 4.06. The highest BCUT2D eigenvalue weighted by molar-refractivity contribution is 7.92. The molecule has 0 unspecified atom stereocenters. The maximum Gasteiger partial charge on any atom is 0.261 e. The lowest BCUT2D eigenvalue weighted by molar-refractivity contribution is -0.116. The molecule has 5 nitrogen and oxygen atoms in total. The zero-order valence-electron chi connectivity index (χ0n) is 14.2. The van der Waals surface area contributed by atoms with Gasteiger partial charge in [0.05, 0.1) is 4.90 Å². The largest absolute Gasteiger partial charge is 0.326 e. The number of sulfonamides is 1. The molecular formula is C18H21ClN2O3S. The van der Waals surface area contributed by atoms with Gasteiger partial charge >= 0.3 is 0 Å². The minimum absolute atomic E-state index is 0.130. The van der Waals surface area contributed by atoms with Gasteiger partial charge in [-0.3, -0.25) is 9.52 Å². The summed E-state index contributed by atoms with van der Waals surface area (Å²) >= 11 is 5.55. The molecule has 2 aromatic carbocycles. The van der Waals surface area contributed by atoms with Crippen molar-refractivity contribution < 1.29 is 13.2 Å².